The Labute approximate surface area is 86.6 Å². The van der Waals surface area contributed by atoms with E-state index in [1.165, 1.54) is 0 Å². The largest absolute Gasteiger partial charge is 3.00 e. The minimum Gasteiger partial charge on any atom is -1.00 e. The minimum atomic E-state index is 0. The van der Waals surface area contributed by atoms with Gasteiger partial charge in [0.2, 0.25) is 0 Å². The van der Waals surface area contributed by atoms with Gasteiger partial charge in [-0.1, -0.05) is 0 Å². The maximum atomic E-state index is 4.25. The number of methoxy groups -OCH3 is 1. The average molecular weight is 313 g/mol. The summed E-state index contributed by atoms with van der Waals surface area (Å²) in [6.45, 7) is 0. The SMILES string of the molecule is COC.[Al+3].[Br-].[Br-].[Br-]. The number of hydrogen-bond donors (Lipinski definition) is 0. The van der Waals surface area contributed by atoms with Crippen molar-refractivity contribution in [2.75, 3.05) is 14.2 Å². The molecule has 0 amide bonds. The molecule has 0 aliphatic rings. The van der Waals surface area contributed by atoms with Crippen LogP contribution in [-0.2, 0) is 4.74 Å². The maximum absolute atomic E-state index is 4.25. The van der Waals surface area contributed by atoms with Gasteiger partial charge >= 0.3 is 17.4 Å². The Kier molecular flexibility index (Phi) is 230. The van der Waals surface area contributed by atoms with Gasteiger partial charge in [0.15, 0.2) is 0 Å². The first-order chi connectivity index (χ1) is 1.41. The van der Waals surface area contributed by atoms with Gasteiger partial charge < -0.3 is 55.7 Å². The Morgan fingerprint density at radius 1 is 0.857 bits per heavy atom. The summed E-state index contributed by atoms with van der Waals surface area (Å²) >= 11 is 0. The van der Waals surface area contributed by atoms with Crippen LogP contribution in [0.15, 0.2) is 0 Å². The smallest absolute Gasteiger partial charge is 1.00 e. The molecule has 0 aromatic carbocycles. The van der Waals surface area contributed by atoms with E-state index in [1.54, 1.807) is 14.2 Å². The third kappa shape index (κ3) is 74.8. The molecule has 0 aliphatic carbocycles. The molecule has 0 aromatic heterocycles. The zero-order valence-electron chi connectivity index (χ0n) is 4.12. The van der Waals surface area contributed by atoms with Gasteiger partial charge in [0.1, 0.15) is 0 Å². The van der Waals surface area contributed by atoms with Crippen molar-refractivity contribution in [1.82, 2.24) is 0 Å². The minimum absolute atomic E-state index is 0. The molecule has 0 N–H and O–H groups in total. The summed E-state index contributed by atoms with van der Waals surface area (Å²) in [5.41, 5.74) is 0. The predicted molar refractivity (Wildman–Crippen MR) is 18.7 cm³/mol. The molecule has 0 heterocycles. The fourth-order valence-electron chi connectivity index (χ4n) is 0. The molecule has 0 radical (unpaired) electrons. The van der Waals surface area contributed by atoms with Crippen LogP contribution in [0.2, 0.25) is 0 Å². The molecule has 0 aliphatic heterocycles. The Morgan fingerprint density at radius 2 is 0.857 bits per heavy atom. The number of hydrogen-bond acceptors (Lipinski definition) is 1. The molecular formula is C2H6AlBr3O. The van der Waals surface area contributed by atoms with E-state index < -0.39 is 0 Å². The van der Waals surface area contributed by atoms with Crippen molar-refractivity contribution in [2.24, 2.45) is 0 Å². The standard InChI is InChI=1S/C2H6O.Al.3BrH/c1-3-2;;;;/h1-2H3;;3*1H/q;+3;;;/p-3. The van der Waals surface area contributed by atoms with Crippen LogP contribution < -0.4 is 50.9 Å². The van der Waals surface area contributed by atoms with Crippen molar-refractivity contribution < 1.29 is 55.7 Å². The zero-order chi connectivity index (χ0) is 2.71. The molecule has 7 heavy (non-hydrogen) atoms. The van der Waals surface area contributed by atoms with Crippen LogP contribution in [0.1, 0.15) is 0 Å². The molecule has 0 rings (SSSR count). The maximum Gasteiger partial charge on any atom is 3.00 e. The van der Waals surface area contributed by atoms with E-state index in [2.05, 4.69) is 4.74 Å². The Balaban J connectivity index is -0.00000000333. The first-order valence-electron chi connectivity index (χ1n) is 0.816. The molecule has 0 saturated heterocycles. The summed E-state index contributed by atoms with van der Waals surface area (Å²) < 4.78 is 4.25. The molecule has 5 heteroatoms. The van der Waals surface area contributed by atoms with E-state index >= 15 is 0 Å². The van der Waals surface area contributed by atoms with Gasteiger partial charge in [-0.25, -0.2) is 0 Å². The van der Waals surface area contributed by atoms with Crippen LogP contribution in [-0.4, -0.2) is 31.6 Å². The van der Waals surface area contributed by atoms with Crippen LogP contribution in [0, 0.1) is 0 Å². The van der Waals surface area contributed by atoms with Crippen LogP contribution in [0.5, 0.6) is 0 Å². The van der Waals surface area contributed by atoms with Gasteiger partial charge in [-0.2, -0.15) is 0 Å². The Bertz CT molecular complexity index is 12.9. The molecule has 0 unspecified atom stereocenters. The predicted octanol–water partition coefficient (Wildman–Crippen LogP) is -9.11. The summed E-state index contributed by atoms with van der Waals surface area (Å²) in [7, 11) is 3.25. The normalized spacial score (nSPS) is 2.57. The first kappa shape index (κ1) is 36.3. The average Bonchev–Trinajstić information content (AvgIpc) is 0.918. The first-order valence-corrected chi connectivity index (χ1v) is 0.816. The molecule has 0 fully saturated rings. The van der Waals surface area contributed by atoms with Crippen LogP contribution in [0.4, 0.5) is 0 Å². The van der Waals surface area contributed by atoms with E-state index in [9.17, 15) is 0 Å². The van der Waals surface area contributed by atoms with Crippen molar-refractivity contribution in [3.63, 3.8) is 0 Å². The van der Waals surface area contributed by atoms with Gasteiger partial charge in [-0.05, 0) is 0 Å². The van der Waals surface area contributed by atoms with E-state index in [1.807, 2.05) is 0 Å². The molecule has 0 atom stereocenters. The van der Waals surface area contributed by atoms with Gasteiger partial charge in [0, 0.05) is 14.2 Å². The number of rotatable bonds is 0. The quantitative estimate of drug-likeness (QED) is 0.404. The molecule has 0 saturated carbocycles. The number of halogens is 3. The van der Waals surface area contributed by atoms with Crippen molar-refractivity contribution in [1.29, 1.82) is 0 Å². The summed E-state index contributed by atoms with van der Waals surface area (Å²) in [6.07, 6.45) is 0. The van der Waals surface area contributed by atoms with Crippen LogP contribution in [0.25, 0.3) is 0 Å². The zero-order valence-corrected chi connectivity index (χ0v) is 10.0. The Morgan fingerprint density at radius 3 is 0.857 bits per heavy atom. The van der Waals surface area contributed by atoms with E-state index in [-0.39, 0.29) is 68.3 Å². The van der Waals surface area contributed by atoms with Crippen molar-refractivity contribution in [3.05, 3.63) is 0 Å². The van der Waals surface area contributed by atoms with Gasteiger partial charge in [0.05, 0.1) is 0 Å². The van der Waals surface area contributed by atoms with E-state index in [0.29, 0.717) is 0 Å². The van der Waals surface area contributed by atoms with Crippen LogP contribution >= 0.6 is 0 Å². The topological polar surface area (TPSA) is 9.23 Å². The second-order valence-corrected chi connectivity index (χ2v) is 0.408. The third-order valence-electron chi connectivity index (χ3n) is 0. The van der Waals surface area contributed by atoms with Crippen molar-refractivity contribution in [3.8, 4) is 0 Å². The summed E-state index contributed by atoms with van der Waals surface area (Å²) in [6, 6.07) is 0. The monoisotopic (exact) mass is 310 g/mol. The van der Waals surface area contributed by atoms with Gasteiger partial charge in [-0.3, -0.25) is 0 Å². The molecular weight excluding hydrogens is 307 g/mol. The van der Waals surface area contributed by atoms with E-state index in [4.69, 9.17) is 0 Å². The summed E-state index contributed by atoms with van der Waals surface area (Å²) in [5.74, 6) is 0. The van der Waals surface area contributed by atoms with Crippen LogP contribution in [0.3, 0.4) is 0 Å². The molecule has 44 valence electrons. The van der Waals surface area contributed by atoms with Gasteiger partial charge in [0.25, 0.3) is 0 Å². The molecule has 0 aromatic rings. The fraction of sp³-hybridized carbons (Fsp3) is 1.00. The summed E-state index contributed by atoms with van der Waals surface area (Å²) in [5, 5.41) is 0. The third-order valence-corrected chi connectivity index (χ3v) is 0. The molecule has 1 nitrogen and oxygen atoms in total. The second-order valence-electron chi connectivity index (χ2n) is 0.408. The molecule has 0 spiro atoms. The summed E-state index contributed by atoms with van der Waals surface area (Å²) in [4.78, 5) is 0. The second kappa shape index (κ2) is 44.3. The van der Waals surface area contributed by atoms with E-state index in [0.717, 1.165) is 0 Å². The van der Waals surface area contributed by atoms with Crippen molar-refractivity contribution >= 4 is 17.4 Å². The molecule has 0 bridgehead atoms. The number of ether oxygens (including phenoxy) is 1. The Hall–Kier alpha value is 1.93. The van der Waals surface area contributed by atoms with Crippen molar-refractivity contribution in [2.45, 2.75) is 0 Å². The fourth-order valence-corrected chi connectivity index (χ4v) is 0. The van der Waals surface area contributed by atoms with Gasteiger partial charge in [-0.15, -0.1) is 0 Å².